The Morgan fingerprint density at radius 1 is 1.43 bits per heavy atom. The highest BCUT2D eigenvalue weighted by Gasteiger charge is 2.32. The second-order valence-corrected chi connectivity index (χ2v) is 5.04. The SMILES string of the molecule is COC(=O)C1CN(C(=O)N(CCC(=O)O)C(C)C)CCO1. The lowest BCUT2D eigenvalue weighted by atomic mass is 10.2. The third-order valence-electron chi connectivity index (χ3n) is 3.24. The summed E-state index contributed by atoms with van der Waals surface area (Å²) < 4.78 is 9.88. The largest absolute Gasteiger partial charge is 0.481 e. The molecule has 2 amide bonds. The van der Waals surface area contributed by atoms with Crippen molar-refractivity contribution in [1.82, 2.24) is 9.80 Å². The highest BCUT2D eigenvalue weighted by molar-refractivity contribution is 5.79. The number of carboxylic acids is 1. The van der Waals surface area contributed by atoms with Gasteiger partial charge in [0.2, 0.25) is 0 Å². The van der Waals surface area contributed by atoms with Crippen LogP contribution < -0.4 is 0 Å². The Kier molecular flexibility index (Phi) is 6.41. The molecule has 1 fully saturated rings. The fraction of sp³-hybridized carbons (Fsp3) is 0.769. The van der Waals surface area contributed by atoms with Gasteiger partial charge in [0, 0.05) is 19.1 Å². The summed E-state index contributed by atoms with van der Waals surface area (Å²) >= 11 is 0. The maximum absolute atomic E-state index is 12.5. The predicted octanol–water partition coefficient (Wildman–Crippen LogP) is 0.165. The number of amides is 2. The number of morpholine rings is 1. The van der Waals surface area contributed by atoms with Crippen LogP contribution in [-0.4, -0.2) is 78.4 Å². The smallest absolute Gasteiger partial charge is 0.336 e. The van der Waals surface area contributed by atoms with E-state index in [1.807, 2.05) is 13.8 Å². The zero-order chi connectivity index (χ0) is 16.0. The van der Waals surface area contributed by atoms with Gasteiger partial charge in [0.25, 0.3) is 0 Å². The number of carbonyl (C=O) groups excluding carboxylic acids is 2. The van der Waals surface area contributed by atoms with Crippen LogP contribution in [-0.2, 0) is 19.1 Å². The van der Waals surface area contributed by atoms with Crippen molar-refractivity contribution in [3.8, 4) is 0 Å². The maximum Gasteiger partial charge on any atom is 0.336 e. The highest BCUT2D eigenvalue weighted by Crippen LogP contribution is 2.12. The number of esters is 1. The molecule has 8 nitrogen and oxygen atoms in total. The third-order valence-corrected chi connectivity index (χ3v) is 3.24. The Balaban J connectivity index is 2.69. The van der Waals surface area contributed by atoms with Crippen LogP contribution in [0.15, 0.2) is 0 Å². The van der Waals surface area contributed by atoms with Crippen molar-refractivity contribution in [3.05, 3.63) is 0 Å². The highest BCUT2D eigenvalue weighted by atomic mass is 16.6. The number of nitrogens with zero attached hydrogens (tertiary/aromatic N) is 2. The van der Waals surface area contributed by atoms with E-state index in [2.05, 4.69) is 4.74 Å². The number of urea groups is 1. The summed E-state index contributed by atoms with van der Waals surface area (Å²) in [6.07, 6.45) is -0.907. The number of methoxy groups -OCH3 is 1. The van der Waals surface area contributed by atoms with E-state index in [1.165, 1.54) is 16.9 Å². The Hall–Kier alpha value is -1.83. The lowest BCUT2D eigenvalue weighted by Crippen LogP contribution is -2.54. The summed E-state index contributed by atoms with van der Waals surface area (Å²) in [6, 6.07) is -0.417. The van der Waals surface area contributed by atoms with Crippen LogP contribution in [0.3, 0.4) is 0 Å². The second kappa shape index (κ2) is 7.82. The lowest BCUT2D eigenvalue weighted by Gasteiger charge is -2.37. The van der Waals surface area contributed by atoms with E-state index in [0.29, 0.717) is 6.54 Å². The summed E-state index contributed by atoms with van der Waals surface area (Å²) in [5.74, 6) is -1.48. The molecule has 1 rings (SSSR count). The average molecular weight is 302 g/mol. The molecular weight excluding hydrogens is 280 g/mol. The van der Waals surface area contributed by atoms with Crippen molar-refractivity contribution < 1.29 is 29.0 Å². The van der Waals surface area contributed by atoms with Crippen molar-refractivity contribution in [3.63, 3.8) is 0 Å². The minimum Gasteiger partial charge on any atom is -0.481 e. The molecule has 120 valence electrons. The first-order valence-electron chi connectivity index (χ1n) is 6.83. The number of rotatable bonds is 5. The van der Waals surface area contributed by atoms with Crippen molar-refractivity contribution >= 4 is 18.0 Å². The number of hydrogen-bond acceptors (Lipinski definition) is 5. The van der Waals surface area contributed by atoms with E-state index < -0.39 is 18.0 Å². The van der Waals surface area contributed by atoms with Crippen LogP contribution in [0.5, 0.6) is 0 Å². The number of carboxylic acid groups (broad SMARTS) is 1. The molecule has 1 aliphatic heterocycles. The van der Waals surface area contributed by atoms with Crippen LogP contribution in [0.2, 0.25) is 0 Å². The first-order valence-corrected chi connectivity index (χ1v) is 6.83. The van der Waals surface area contributed by atoms with Crippen LogP contribution in [0.1, 0.15) is 20.3 Å². The van der Waals surface area contributed by atoms with Gasteiger partial charge < -0.3 is 24.4 Å². The van der Waals surface area contributed by atoms with Gasteiger partial charge in [-0.15, -0.1) is 0 Å². The fourth-order valence-electron chi connectivity index (χ4n) is 2.07. The molecule has 8 heteroatoms. The molecule has 0 aromatic heterocycles. The molecule has 0 aromatic rings. The molecule has 0 aromatic carbocycles. The molecule has 0 radical (unpaired) electrons. The van der Waals surface area contributed by atoms with Crippen LogP contribution in [0.4, 0.5) is 4.79 Å². The van der Waals surface area contributed by atoms with Gasteiger partial charge in [-0.2, -0.15) is 0 Å². The van der Waals surface area contributed by atoms with Crippen molar-refractivity contribution in [2.24, 2.45) is 0 Å². The molecule has 0 aliphatic carbocycles. The topological polar surface area (TPSA) is 96.4 Å². The number of carbonyl (C=O) groups is 3. The molecule has 0 saturated carbocycles. The second-order valence-electron chi connectivity index (χ2n) is 5.04. The molecule has 1 saturated heterocycles. The quantitative estimate of drug-likeness (QED) is 0.727. The Bertz CT molecular complexity index is 398. The summed E-state index contributed by atoms with van der Waals surface area (Å²) in [6.45, 7) is 4.49. The number of aliphatic carboxylic acids is 1. The monoisotopic (exact) mass is 302 g/mol. The zero-order valence-corrected chi connectivity index (χ0v) is 12.6. The molecule has 1 atom stereocenters. The number of ether oxygens (including phenoxy) is 2. The summed E-state index contributed by atoms with van der Waals surface area (Å²) in [4.78, 5) is 37.6. The van der Waals surface area contributed by atoms with E-state index in [0.717, 1.165) is 0 Å². The Morgan fingerprint density at radius 2 is 2.10 bits per heavy atom. The first-order chi connectivity index (χ1) is 9.86. The first kappa shape index (κ1) is 17.2. The van der Waals surface area contributed by atoms with Gasteiger partial charge >= 0.3 is 18.0 Å². The van der Waals surface area contributed by atoms with E-state index >= 15 is 0 Å². The van der Waals surface area contributed by atoms with E-state index in [4.69, 9.17) is 9.84 Å². The van der Waals surface area contributed by atoms with E-state index in [9.17, 15) is 14.4 Å². The zero-order valence-electron chi connectivity index (χ0n) is 12.6. The third kappa shape index (κ3) is 4.89. The molecule has 0 bridgehead atoms. The fourth-order valence-corrected chi connectivity index (χ4v) is 2.07. The molecule has 1 N–H and O–H groups in total. The summed E-state index contributed by atoms with van der Waals surface area (Å²) in [7, 11) is 1.26. The summed E-state index contributed by atoms with van der Waals surface area (Å²) in [5.41, 5.74) is 0. The van der Waals surface area contributed by atoms with Crippen molar-refractivity contribution in [2.75, 3.05) is 33.4 Å². The summed E-state index contributed by atoms with van der Waals surface area (Å²) in [5, 5.41) is 8.75. The standard InChI is InChI=1S/C13H22N2O6/c1-9(2)15(5-4-11(16)17)13(19)14-6-7-21-10(8-14)12(18)20-3/h9-10H,4-8H2,1-3H3,(H,16,17). The maximum atomic E-state index is 12.5. The van der Waals surface area contributed by atoms with Gasteiger partial charge in [0.05, 0.1) is 26.7 Å². The van der Waals surface area contributed by atoms with Gasteiger partial charge in [-0.05, 0) is 13.8 Å². The molecular formula is C13H22N2O6. The Morgan fingerprint density at radius 3 is 2.62 bits per heavy atom. The van der Waals surface area contributed by atoms with Crippen molar-refractivity contribution in [2.45, 2.75) is 32.4 Å². The molecule has 21 heavy (non-hydrogen) atoms. The normalized spacial score (nSPS) is 18.5. The molecule has 0 spiro atoms. The van der Waals surface area contributed by atoms with Crippen LogP contribution in [0, 0.1) is 0 Å². The Labute approximate surface area is 123 Å². The van der Waals surface area contributed by atoms with Gasteiger partial charge in [-0.25, -0.2) is 9.59 Å². The van der Waals surface area contributed by atoms with E-state index in [1.54, 1.807) is 0 Å². The van der Waals surface area contributed by atoms with Crippen LogP contribution in [0.25, 0.3) is 0 Å². The van der Waals surface area contributed by atoms with Gasteiger partial charge in [0.1, 0.15) is 0 Å². The molecule has 1 heterocycles. The molecule has 1 aliphatic rings. The minimum absolute atomic E-state index is 0.113. The molecule has 1 unspecified atom stereocenters. The predicted molar refractivity (Wildman–Crippen MR) is 72.8 cm³/mol. The van der Waals surface area contributed by atoms with Gasteiger partial charge in [-0.1, -0.05) is 0 Å². The number of hydrogen-bond donors (Lipinski definition) is 1. The minimum atomic E-state index is -0.956. The lowest BCUT2D eigenvalue weighted by molar-refractivity contribution is -0.158. The van der Waals surface area contributed by atoms with Gasteiger partial charge in [0.15, 0.2) is 6.10 Å². The van der Waals surface area contributed by atoms with Crippen LogP contribution >= 0.6 is 0 Å². The van der Waals surface area contributed by atoms with Crippen molar-refractivity contribution in [1.29, 1.82) is 0 Å². The van der Waals surface area contributed by atoms with Gasteiger partial charge in [-0.3, -0.25) is 4.79 Å². The average Bonchev–Trinajstić information content (AvgIpc) is 2.45. The van der Waals surface area contributed by atoms with E-state index in [-0.39, 0.29) is 38.2 Å².